The van der Waals surface area contributed by atoms with E-state index in [4.69, 9.17) is 9.47 Å². The first-order valence-corrected chi connectivity index (χ1v) is 6.59. The summed E-state index contributed by atoms with van der Waals surface area (Å²) in [6.07, 6.45) is 2.89. The van der Waals surface area contributed by atoms with Crippen LogP contribution in [-0.4, -0.2) is 18.9 Å². The number of esters is 1. The minimum atomic E-state index is -0.341. The van der Waals surface area contributed by atoms with Gasteiger partial charge in [-0.05, 0) is 30.5 Å². The molecule has 0 saturated carbocycles. The van der Waals surface area contributed by atoms with Crippen LogP contribution >= 0.6 is 15.9 Å². The normalized spacial score (nSPS) is 19.9. The van der Waals surface area contributed by atoms with E-state index in [-0.39, 0.29) is 12.3 Å². The van der Waals surface area contributed by atoms with Gasteiger partial charge in [-0.25, -0.2) is 0 Å². The van der Waals surface area contributed by atoms with Crippen molar-refractivity contribution in [3.05, 3.63) is 34.3 Å². The van der Waals surface area contributed by atoms with Crippen molar-refractivity contribution in [1.82, 2.24) is 0 Å². The van der Waals surface area contributed by atoms with Crippen LogP contribution in [0.1, 0.15) is 24.8 Å². The van der Waals surface area contributed by atoms with Crippen LogP contribution in [-0.2, 0) is 20.7 Å². The second-order valence-corrected chi connectivity index (χ2v) is 5.00. The van der Waals surface area contributed by atoms with E-state index >= 15 is 0 Å². The fourth-order valence-corrected chi connectivity index (χ4v) is 2.03. The Morgan fingerprint density at radius 2 is 2.12 bits per heavy atom. The third kappa shape index (κ3) is 4.13. The van der Waals surface area contributed by atoms with Gasteiger partial charge in [0.15, 0.2) is 0 Å². The van der Waals surface area contributed by atoms with Crippen molar-refractivity contribution in [1.29, 1.82) is 0 Å². The Hall–Kier alpha value is -0.870. The van der Waals surface area contributed by atoms with Crippen molar-refractivity contribution in [2.75, 3.05) is 6.61 Å². The lowest BCUT2D eigenvalue weighted by Gasteiger charge is -2.22. The highest BCUT2D eigenvalue weighted by Gasteiger charge is 2.18. The van der Waals surface area contributed by atoms with Crippen molar-refractivity contribution in [3.8, 4) is 0 Å². The zero-order valence-electron chi connectivity index (χ0n) is 9.52. The van der Waals surface area contributed by atoms with Crippen molar-refractivity contribution in [2.45, 2.75) is 32.0 Å². The monoisotopic (exact) mass is 298 g/mol. The molecule has 1 aliphatic rings. The largest absolute Gasteiger partial charge is 0.436 e. The number of halogens is 1. The summed E-state index contributed by atoms with van der Waals surface area (Å²) in [4.78, 5) is 11.7. The second-order valence-electron chi connectivity index (χ2n) is 4.09. The molecule has 1 atom stereocenters. The SMILES string of the molecule is O=C(Cc1ccc(Br)cc1)OC1CCCCO1. The van der Waals surface area contributed by atoms with Gasteiger partial charge in [0.2, 0.25) is 6.29 Å². The van der Waals surface area contributed by atoms with Gasteiger partial charge in [0.05, 0.1) is 13.0 Å². The summed E-state index contributed by atoms with van der Waals surface area (Å²) in [7, 11) is 0. The highest BCUT2D eigenvalue weighted by molar-refractivity contribution is 9.10. The molecule has 1 fully saturated rings. The van der Waals surface area contributed by atoms with Crippen LogP contribution in [0.25, 0.3) is 0 Å². The minimum absolute atomic E-state index is 0.223. The zero-order chi connectivity index (χ0) is 12.1. The first-order chi connectivity index (χ1) is 8.24. The van der Waals surface area contributed by atoms with Gasteiger partial charge < -0.3 is 9.47 Å². The Morgan fingerprint density at radius 1 is 1.35 bits per heavy atom. The predicted molar refractivity (Wildman–Crippen MR) is 67.5 cm³/mol. The molecular formula is C13H15BrO3. The topological polar surface area (TPSA) is 35.5 Å². The highest BCUT2D eigenvalue weighted by Crippen LogP contribution is 2.15. The summed E-state index contributed by atoms with van der Waals surface area (Å²) in [6.45, 7) is 0.691. The maximum Gasteiger partial charge on any atom is 0.312 e. The quantitative estimate of drug-likeness (QED) is 0.805. The second kappa shape index (κ2) is 6.17. The smallest absolute Gasteiger partial charge is 0.312 e. The number of benzene rings is 1. The van der Waals surface area contributed by atoms with Crippen LogP contribution in [0.3, 0.4) is 0 Å². The summed E-state index contributed by atoms with van der Waals surface area (Å²) < 4.78 is 11.6. The molecule has 1 heterocycles. The fourth-order valence-electron chi connectivity index (χ4n) is 1.76. The van der Waals surface area contributed by atoms with E-state index in [1.165, 1.54) is 0 Å². The fraction of sp³-hybridized carbons (Fsp3) is 0.462. The summed E-state index contributed by atoms with van der Waals surface area (Å²) >= 11 is 3.36. The predicted octanol–water partition coefficient (Wildman–Crippen LogP) is 3.06. The maximum atomic E-state index is 11.7. The molecule has 0 N–H and O–H groups in total. The van der Waals surface area contributed by atoms with Crippen molar-refractivity contribution < 1.29 is 14.3 Å². The molecule has 17 heavy (non-hydrogen) atoms. The molecule has 1 aromatic carbocycles. The van der Waals surface area contributed by atoms with Crippen molar-refractivity contribution in [3.63, 3.8) is 0 Å². The third-order valence-electron chi connectivity index (χ3n) is 2.66. The number of carbonyl (C=O) groups is 1. The summed E-state index contributed by atoms with van der Waals surface area (Å²) in [5.41, 5.74) is 0.953. The zero-order valence-corrected chi connectivity index (χ0v) is 11.1. The van der Waals surface area contributed by atoms with E-state index in [9.17, 15) is 4.79 Å². The van der Waals surface area contributed by atoms with E-state index in [1.807, 2.05) is 24.3 Å². The lowest BCUT2D eigenvalue weighted by atomic mass is 10.1. The van der Waals surface area contributed by atoms with Gasteiger partial charge in [-0.15, -0.1) is 0 Å². The molecule has 0 radical (unpaired) electrons. The summed E-state index contributed by atoms with van der Waals surface area (Å²) in [6, 6.07) is 7.65. The molecule has 2 rings (SSSR count). The number of hydrogen-bond donors (Lipinski definition) is 0. The van der Waals surface area contributed by atoms with Crippen LogP contribution < -0.4 is 0 Å². The molecule has 1 saturated heterocycles. The van der Waals surface area contributed by atoms with Crippen molar-refractivity contribution in [2.24, 2.45) is 0 Å². The molecular weight excluding hydrogens is 284 g/mol. The molecule has 0 amide bonds. The lowest BCUT2D eigenvalue weighted by molar-refractivity contribution is -0.185. The third-order valence-corrected chi connectivity index (χ3v) is 3.19. The molecule has 4 heteroatoms. The Morgan fingerprint density at radius 3 is 2.76 bits per heavy atom. The highest BCUT2D eigenvalue weighted by atomic mass is 79.9. The van der Waals surface area contributed by atoms with Crippen LogP contribution in [0, 0.1) is 0 Å². The summed E-state index contributed by atoms with van der Waals surface area (Å²) in [5.74, 6) is -0.223. The Labute approximate surface area is 109 Å². The average molecular weight is 299 g/mol. The molecule has 3 nitrogen and oxygen atoms in total. The number of carbonyl (C=O) groups excluding carboxylic acids is 1. The average Bonchev–Trinajstić information content (AvgIpc) is 2.33. The molecule has 1 aliphatic heterocycles. The number of ether oxygens (including phenoxy) is 2. The van der Waals surface area contributed by atoms with E-state index in [0.717, 1.165) is 29.3 Å². The molecule has 0 spiro atoms. The van der Waals surface area contributed by atoms with Crippen LogP contribution in [0.15, 0.2) is 28.7 Å². The van der Waals surface area contributed by atoms with E-state index in [0.29, 0.717) is 13.0 Å². The van der Waals surface area contributed by atoms with Gasteiger partial charge in [0.1, 0.15) is 0 Å². The van der Waals surface area contributed by atoms with Gasteiger partial charge in [-0.1, -0.05) is 28.1 Å². The maximum absolute atomic E-state index is 11.7. The van der Waals surface area contributed by atoms with Crippen LogP contribution in [0.5, 0.6) is 0 Å². The molecule has 92 valence electrons. The molecule has 0 aliphatic carbocycles. The van der Waals surface area contributed by atoms with E-state index in [2.05, 4.69) is 15.9 Å². The van der Waals surface area contributed by atoms with Gasteiger partial charge >= 0.3 is 5.97 Å². The molecule has 1 aromatic rings. The van der Waals surface area contributed by atoms with Crippen LogP contribution in [0.4, 0.5) is 0 Å². The van der Waals surface area contributed by atoms with Crippen molar-refractivity contribution >= 4 is 21.9 Å². The van der Waals surface area contributed by atoms with E-state index in [1.54, 1.807) is 0 Å². The summed E-state index contributed by atoms with van der Waals surface area (Å²) in [5, 5.41) is 0. The Bertz CT molecular complexity index is 369. The standard InChI is InChI=1S/C13H15BrO3/c14-11-6-4-10(5-7-11)9-12(15)17-13-3-1-2-8-16-13/h4-7,13H,1-3,8-9H2. The van der Waals surface area contributed by atoms with Gasteiger partial charge in [0.25, 0.3) is 0 Å². The van der Waals surface area contributed by atoms with E-state index < -0.39 is 0 Å². The van der Waals surface area contributed by atoms with Gasteiger partial charge in [-0.2, -0.15) is 0 Å². The first kappa shape index (κ1) is 12.6. The molecule has 0 bridgehead atoms. The lowest BCUT2D eigenvalue weighted by Crippen LogP contribution is -2.26. The Balaban J connectivity index is 1.82. The number of hydrogen-bond acceptors (Lipinski definition) is 3. The molecule has 0 aromatic heterocycles. The Kier molecular flexibility index (Phi) is 4.57. The molecule has 1 unspecified atom stereocenters. The van der Waals surface area contributed by atoms with Gasteiger partial charge in [0, 0.05) is 10.9 Å². The van der Waals surface area contributed by atoms with Crippen LogP contribution in [0.2, 0.25) is 0 Å². The minimum Gasteiger partial charge on any atom is -0.436 e. The number of rotatable bonds is 3. The first-order valence-electron chi connectivity index (χ1n) is 5.79. The van der Waals surface area contributed by atoms with Gasteiger partial charge in [-0.3, -0.25) is 4.79 Å².